The van der Waals surface area contributed by atoms with Crippen molar-refractivity contribution in [1.82, 2.24) is 4.90 Å². The normalized spacial score (nSPS) is 16.6. The number of hydrogen-bond donors (Lipinski definition) is 0. The van der Waals surface area contributed by atoms with Crippen LogP contribution in [0.25, 0.3) is 0 Å². The van der Waals surface area contributed by atoms with Crippen molar-refractivity contribution in [2.75, 3.05) is 26.8 Å². The molecule has 0 N–H and O–H groups in total. The van der Waals surface area contributed by atoms with E-state index in [9.17, 15) is 0 Å². The SMILES string of the molecule is COc1cc(C)ccc1OCC(C)(C)N1CCCC1. The zero-order valence-electron chi connectivity index (χ0n) is 12.5. The maximum Gasteiger partial charge on any atom is 0.161 e. The lowest BCUT2D eigenvalue weighted by Crippen LogP contribution is -2.46. The fraction of sp³-hybridized carbons (Fsp3) is 0.625. The molecule has 1 aromatic rings. The minimum Gasteiger partial charge on any atom is -0.493 e. The number of ether oxygens (including phenoxy) is 2. The molecule has 0 spiro atoms. The summed E-state index contributed by atoms with van der Waals surface area (Å²) in [4.78, 5) is 2.51. The Morgan fingerprint density at radius 1 is 1.16 bits per heavy atom. The molecule has 2 rings (SSSR count). The van der Waals surface area contributed by atoms with E-state index in [0.29, 0.717) is 6.61 Å². The van der Waals surface area contributed by atoms with E-state index < -0.39 is 0 Å². The molecule has 0 aromatic heterocycles. The van der Waals surface area contributed by atoms with Crippen molar-refractivity contribution in [3.63, 3.8) is 0 Å². The molecule has 0 atom stereocenters. The van der Waals surface area contributed by atoms with Crippen molar-refractivity contribution in [3.05, 3.63) is 23.8 Å². The minimum atomic E-state index is 0.0758. The quantitative estimate of drug-likeness (QED) is 0.814. The van der Waals surface area contributed by atoms with Crippen molar-refractivity contribution in [3.8, 4) is 11.5 Å². The van der Waals surface area contributed by atoms with Gasteiger partial charge < -0.3 is 9.47 Å². The van der Waals surface area contributed by atoms with Gasteiger partial charge in [0.1, 0.15) is 6.61 Å². The van der Waals surface area contributed by atoms with Crippen molar-refractivity contribution in [2.45, 2.75) is 39.2 Å². The van der Waals surface area contributed by atoms with Gasteiger partial charge in [0.2, 0.25) is 0 Å². The Labute approximate surface area is 116 Å². The highest BCUT2D eigenvalue weighted by molar-refractivity contribution is 5.42. The molecular weight excluding hydrogens is 238 g/mol. The van der Waals surface area contributed by atoms with Gasteiger partial charge in [-0.3, -0.25) is 4.90 Å². The molecule has 0 radical (unpaired) electrons. The average Bonchev–Trinajstić information content (AvgIpc) is 2.91. The summed E-state index contributed by atoms with van der Waals surface area (Å²) in [7, 11) is 1.69. The highest BCUT2D eigenvalue weighted by Crippen LogP contribution is 2.29. The van der Waals surface area contributed by atoms with Crippen LogP contribution >= 0.6 is 0 Å². The number of likely N-dealkylation sites (tertiary alicyclic amines) is 1. The highest BCUT2D eigenvalue weighted by Gasteiger charge is 2.29. The number of hydrogen-bond acceptors (Lipinski definition) is 3. The first kappa shape index (κ1) is 14.2. The summed E-state index contributed by atoms with van der Waals surface area (Å²) in [5, 5.41) is 0. The van der Waals surface area contributed by atoms with Crippen LogP contribution in [0.1, 0.15) is 32.3 Å². The van der Waals surface area contributed by atoms with Gasteiger partial charge in [-0.2, -0.15) is 0 Å². The van der Waals surface area contributed by atoms with E-state index in [0.717, 1.165) is 11.5 Å². The highest BCUT2D eigenvalue weighted by atomic mass is 16.5. The predicted molar refractivity (Wildman–Crippen MR) is 78.1 cm³/mol. The molecule has 0 unspecified atom stereocenters. The third-order valence-corrected chi connectivity index (χ3v) is 3.86. The zero-order valence-corrected chi connectivity index (χ0v) is 12.5. The van der Waals surface area contributed by atoms with Gasteiger partial charge in [-0.1, -0.05) is 6.07 Å². The molecule has 3 heteroatoms. The Bertz CT molecular complexity index is 423. The molecular formula is C16H25NO2. The average molecular weight is 263 g/mol. The molecule has 1 fully saturated rings. The number of rotatable bonds is 5. The molecule has 1 aliphatic heterocycles. The third-order valence-electron chi connectivity index (χ3n) is 3.86. The molecule has 0 saturated carbocycles. The van der Waals surface area contributed by atoms with E-state index >= 15 is 0 Å². The Kier molecular flexibility index (Phi) is 4.35. The number of benzene rings is 1. The lowest BCUT2D eigenvalue weighted by atomic mass is 10.1. The van der Waals surface area contributed by atoms with Crippen molar-refractivity contribution < 1.29 is 9.47 Å². The molecule has 1 aromatic carbocycles. The summed E-state index contributed by atoms with van der Waals surface area (Å²) >= 11 is 0. The van der Waals surface area contributed by atoms with Crippen LogP contribution in [0.4, 0.5) is 0 Å². The largest absolute Gasteiger partial charge is 0.493 e. The van der Waals surface area contributed by atoms with Crippen LogP contribution in [0, 0.1) is 6.92 Å². The Hall–Kier alpha value is -1.22. The van der Waals surface area contributed by atoms with Gasteiger partial charge >= 0.3 is 0 Å². The van der Waals surface area contributed by atoms with E-state index in [1.807, 2.05) is 12.1 Å². The zero-order chi connectivity index (χ0) is 13.9. The molecule has 3 nitrogen and oxygen atoms in total. The van der Waals surface area contributed by atoms with Gasteiger partial charge in [-0.05, 0) is 64.4 Å². The summed E-state index contributed by atoms with van der Waals surface area (Å²) in [5.41, 5.74) is 1.26. The number of nitrogens with zero attached hydrogens (tertiary/aromatic N) is 1. The molecule has 0 amide bonds. The van der Waals surface area contributed by atoms with Crippen LogP contribution < -0.4 is 9.47 Å². The second-order valence-corrected chi connectivity index (χ2v) is 5.95. The fourth-order valence-corrected chi connectivity index (χ4v) is 2.56. The third kappa shape index (κ3) is 3.41. The van der Waals surface area contributed by atoms with E-state index in [-0.39, 0.29) is 5.54 Å². The lowest BCUT2D eigenvalue weighted by Gasteiger charge is -2.35. The first-order valence-corrected chi connectivity index (χ1v) is 7.05. The predicted octanol–water partition coefficient (Wildman–Crippen LogP) is 3.26. The van der Waals surface area contributed by atoms with Crippen LogP contribution in [0.3, 0.4) is 0 Å². The summed E-state index contributed by atoms with van der Waals surface area (Å²) in [6.45, 7) is 9.60. The molecule has 1 saturated heterocycles. The summed E-state index contributed by atoms with van der Waals surface area (Å²) in [6, 6.07) is 6.06. The van der Waals surface area contributed by atoms with Crippen molar-refractivity contribution >= 4 is 0 Å². The summed E-state index contributed by atoms with van der Waals surface area (Å²) < 4.78 is 11.4. The Balaban J connectivity index is 2.01. The van der Waals surface area contributed by atoms with E-state index in [1.54, 1.807) is 7.11 Å². The molecule has 0 aliphatic carbocycles. The Morgan fingerprint density at radius 2 is 1.84 bits per heavy atom. The molecule has 19 heavy (non-hydrogen) atoms. The molecule has 1 aliphatic rings. The van der Waals surface area contributed by atoms with Crippen molar-refractivity contribution in [1.29, 1.82) is 0 Å². The van der Waals surface area contributed by atoms with Crippen molar-refractivity contribution in [2.24, 2.45) is 0 Å². The first-order valence-electron chi connectivity index (χ1n) is 7.05. The number of methoxy groups -OCH3 is 1. The maximum atomic E-state index is 5.99. The van der Waals surface area contributed by atoms with Crippen LogP contribution in [-0.4, -0.2) is 37.2 Å². The van der Waals surface area contributed by atoms with E-state index in [4.69, 9.17) is 9.47 Å². The summed E-state index contributed by atoms with van der Waals surface area (Å²) in [6.07, 6.45) is 2.61. The van der Waals surface area contributed by atoms with Gasteiger partial charge in [0.05, 0.1) is 7.11 Å². The molecule has 1 heterocycles. The van der Waals surface area contributed by atoms with Gasteiger partial charge in [0.25, 0.3) is 0 Å². The minimum absolute atomic E-state index is 0.0758. The van der Waals surface area contributed by atoms with E-state index in [1.165, 1.54) is 31.5 Å². The van der Waals surface area contributed by atoms with Gasteiger partial charge in [-0.25, -0.2) is 0 Å². The fourth-order valence-electron chi connectivity index (χ4n) is 2.56. The van der Waals surface area contributed by atoms with Crippen LogP contribution in [0.5, 0.6) is 11.5 Å². The van der Waals surface area contributed by atoms with Crippen LogP contribution in [-0.2, 0) is 0 Å². The van der Waals surface area contributed by atoms with Gasteiger partial charge in [-0.15, -0.1) is 0 Å². The summed E-state index contributed by atoms with van der Waals surface area (Å²) in [5.74, 6) is 1.65. The standard InChI is InChI=1S/C16H25NO2/c1-13-7-8-14(15(11-13)18-4)19-12-16(2,3)17-9-5-6-10-17/h7-8,11H,5-6,9-10,12H2,1-4H3. The monoisotopic (exact) mass is 263 g/mol. The topological polar surface area (TPSA) is 21.7 Å². The Morgan fingerprint density at radius 3 is 2.47 bits per heavy atom. The maximum absolute atomic E-state index is 5.99. The van der Waals surface area contributed by atoms with Gasteiger partial charge in [0.15, 0.2) is 11.5 Å². The smallest absolute Gasteiger partial charge is 0.161 e. The van der Waals surface area contributed by atoms with Crippen LogP contribution in [0.15, 0.2) is 18.2 Å². The number of aryl methyl sites for hydroxylation is 1. The molecule has 106 valence electrons. The van der Waals surface area contributed by atoms with Crippen LogP contribution in [0.2, 0.25) is 0 Å². The van der Waals surface area contributed by atoms with E-state index in [2.05, 4.69) is 31.7 Å². The lowest BCUT2D eigenvalue weighted by molar-refractivity contribution is 0.0879. The second-order valence-electron chi connectivity index (χ2n) is 5.95. The molecule has 0 bridgehead atoms. The van der Waals surface area contributed by atoms with Gasteiger partial charge in [0, 0.05) is 5.54 Å². The first-order chi connectivity index (χ1) is 9.03. The second kappa shape index (κ2) is 5.83.